The number of methoxy groups -OCH3 is 1. The van der Waals surface area contributed by atoms with E-state index in [-0.39, 0.29) is 31.0 Å². The molecule has 1 saturated heterocycles. The van der Waals surface area contributed by atoms with Gasteiger partial charge in [0.05, 0.1) is 13.2 Å². The highest BCUT2D eigenvalue weighted by molar-refractivity contribution is 7.13. The zero-order chi connectivity index (χ0) is 20.9. The van der Waals surface area contributed by atoms with Gasteiger partial charge in [-0.05, 0) is 36.4 Å². The van der Waals surface area contributed by atoms with Gasteiger partial charge in [-0.2, -0.15) is 0 Å². The highest BCUT2D eigenvalue weighted by atomic mass is 32.1. The molecule has 1 aromatic heterocycles. The lowest BCUT2D eigenvalue weighted by Gasteiger charge is -2.42. The van der Waals surface area contributed by atoms with Crippen molar-refractivity contribution in [2.24, 2.45) is 0 Å². The van der Waals surface area contributed by atoms with Crippen LogP contribution >= 0.6 is 11.3 Å². The first-order valence-corrected chi connectivity index (χ1v) is 10.7. The van der Waals surface area contributed by atoms with E-state index < -0.39 is 5.60 Å². The number of ether oxygens (including phenoxy) is 2. The van der Waals surface area contributed by atoms with Gasteiger partial charge < -0.3 is 19.7 Å². The van der Waals surface area contributed by atoms with Crippen LogP contribution in [0.5, 0.6) is 0 Å². The number of hydrogen-bond donors (Lipinski definition) is 1. The first kappa shape index (κ1) is 21.5. The Hall–Kier alpha value is -2.22. The lowest BCUT2D eigenvalue weighted by Crippen LogP contribution is -2.63. The van der Waals surface area contributed by atoms with Crippen molar-refractivity contribution in [3.8, 4) is 10.4 Å². The third-order valence-electron chi connectivity index (χ3n) is 4.89. The zero-order valence-corrected chi connectivity index (χ0v) is 18.0. The quantitative estimate of drug-likeness (QED) is 0.754. The van der Waals surface area contributed by atoms with Crippen molar-refractivity contribution < 1.29 is 19.1 Å². The zero-order valence-electron chi connectivity index (χ0n) is 17.1. The van der Waals surface area contributed by atoms with Crippen LogP contribution in [0.2, 0.25) is 0 Å². The molecule has 7 heteroatoms. The van der Waals surface area contributed by atoms with Gasteiger partial charge in [0.1, 0.15) is 6.61 Å². The van der Waals surface area contributed by atoms with Crippen LogP contribution in [0.25, 0.3) is 10.4 Å². The van der Waals surface area contributed by atoms with Crippen molar-refractivity contribution in [1.82, 2.24) is 10.2 Å². The normalized spacial score (nSPS) is 19.4. The molecule has 1 aliphatic heterocycles. The van der Waals surface area contributed by atoms with Crippen LogP contribution in [0.1, 0.15) is 19.4 Å². The second-order valence-corrected chi connectivity index (χ2v) is 8.52. The van der Waals surface area contributed by atoms with E-state index in [1.54, 1.807) is 16.2 Å². The fourth-order valence-corrected chi connectivity index (χ4v) is 4.22. The summed E-state index contributed by atoms with van der Waals surface area (Å²) in [5.41, 5.74) is 1.02. The monoisotopic (exact) mass is 416 g/mol. The molecule has 0 spiro atoms. The third kappa shape index (κ3) is 5.23. The molecule has 0 radical (unpaired) electrons. The lowest BCUT2D eigenvalue weighted by molar-refractivity contribution is -0.167. The number of benzene rings is 1. The highest BCUT2D eigenvalue weighted by Crippen LogP contribution is 2.28. The Balaban J connectivity index is 1.83. The van der Waals surface area contributed by atoms with Crippen molar-refractivity contribution in [1.29, 1.82) is 0 Å². The molecule has 0 aliphatic carbocycles. The molecule has 0 bridgehead atoms. The summed E-state index contributed by atoms with van der Waals surface area (Å²) in [6.07, 6.45) is 0.396. The average Bonchev–Trinajstić information content (AvgIpc) is 3.23. The van der Waals surface area contributed by atoms with Gasteiger partial charge in [0, 0.05) is 31.0 Å². The van der Waals surface area contributed by atoms with E-state index in [9.17, 15) is 9.59 Å². The topological polar surface area (TPSA) is 67.9 Å². The van der Waals surface area contributed by atoms with Crippen molar-refractivity contribution in [2.75, 3.05) is 33.4 Å². The molecule has 1 fully saturated rings. The SMILES string of the molecule is COCC(=O)N1CCOC(Cc2ccc(-c3cccs3)cc2)(C(=O)NC(C)C)C1. The predicted octanol–water partition coefficient (Wildman–Crippen LogP) is 2.73. The molecule has 6 nitrogen and oxygen atoms in total. The van der Waals surface area contributed by atoms with Gasteiger partial charge in [-0.3, -0.25) is 9.59 Å². The molecule has 3 rings (SSSR count). The number of carbonyl (C=O) groups excluding carboxylic acids is 2. The Morgan fingerprint density at radius 2 is 2.03 bits per heavy atom. The van der Waals surface area contributed by atoms with Crippen LogP contribution in [-0.4, -0.2) is 61.8 Å². The summed E-state index contributed by atoms with van der Waals surface area (Å²) in [4.78, 5) is 28.3. The molecule has 1 N–H and O–H groups in total. The summed E-state index contributed by atoms with van der Waals surface area (Å²) in [6.45, 7) is 4.80. The van der Waals surface area contributed by atoms with Crippen LogP contribution in [-0.2, 0) is 25.5 Å². The van der Waals surface area contributed by atoms with Crippen molar-refractivity contribution in [3.05, 3.63) is 47.3 Å². The molecule has 1 aromatic carbocycles. The molecular formula is C22H28N2O4S. The first-order chi connectivity index (χ1) is 13.9. The minimum atomic E-state index is -1.11. The molecule has 2 heterocycles. The maximum absolute atomic E-state index is 13.1. The Labute approximate surface area is 175 Å². The molecule has 0 saturated carbocycles. The standard InChI is InChI=1S/C22H28N2O4S/c1-16(2)23-21(26)22(15-24(10-11-28-22)20(25)14-27-3)13-17-6-8-18(9-7-17)19-5-4-12-29-19/h4-9,12,16H,10-11,13-15H2,1-3H3,(H,23,26). The van der Waals surface area contributed by atoms with Crippen LogP contribution < -0.4 is 5.32 Å². The summed E-state index contributed by atoms with van der Waals surface area (Å²) in [6, 6.07) is 12.3. The number of nitrogens with one attached hydrogen (secondary N) is 1. The number of thiophene rings is 1. The van der Waals surface area contributed by atoms with Gasteiger partial charge in [-0.1, -0.05) is 30.3 Å². The minimum Gasteiger partial charge on any atom is -0.375 e. The van der Waals surface area contributed by atoms with Crippen LogP contribution in [0, 0.1) is 0 Å². The number of morpholine rings is 1. The Kier molecular flexibility index (Phi) is 7.05. The van der Waals surface area contributed by atoms with E-state index in [4.69, 9.17) is 9.47 Å². The summed E-state index contributed by atoms with van der Waals surface area (Å²) in [5.74, 6) is -0.324. The summed E-state index contributed by atoms with van der Waals surface area (Å²) < 4.78 is 11.0. The first-order valence-electron chi connectivity index (χ1n) is 9.78. The number of amides is 2. The molecule has 2 aromatic rings. The van der Waals surface area contributed by atoms with Crippen LogP contribution in [0.3, 0.4) is 0 Å². The van der Waals surface area contributed by atoms with Gasteiger partial charge in [-0.15, -0.1) is 11.3 Å². The van der Waals surface area contributed by atoms with Gasteiger partial charge in [0.25, 0.3) is 5.91 Å². The Bertz CT molecular complexity index is 820. The van der Waals surface area contributed by atoms with Gasteiger partial charge in [0.15, 0.2) is 5.60 Å². The molecule has 156 valence electrons. The fourth-order valence-electron chi connectivity index (χ4n) is 3.49. The minimum absolute atomic E-state index is 0.00259. The maximum atomic E-state index is 13.1. The predicted molar refractivity (Wildman–Crippen MR) is 114 cm³/mol. The largest absolute Gasteiger partial charge is 0.375 e. The van der Waals surface area contributed by atoms with Gasteiger partial charge in [-0.25, -0.2) is 0 Å². The fraction of sp³-hybridized carbons (Fsp3) is 0.455. The Morgan fingerprint density at radius 3 is 2.66 bits per heavy atom. The van der Waals surface area contributed by atoms with Crippen LogP contribution in [0.15, 0.2) is 41.8 Å². The molecule has 1 aliphatic rings. The number of rotatable bonds is 7. The van der Waals surface area contributed by atoms with E-state index in [1.807, 2.05) is 32.0 Å². The number of hydrogen-bond acceptors (Lipinski definition) is 5. The molecule has 29 heavy (non-hydrogen) atoms. The van der Waals surface area contributed by atoms with Gasteiger partial charge in [0.2, 0.25) is 5.91 Å². The summed E-state index contributed by atoms with van der Waals surface area (Å²) in [7, 11) is 1.49. The molecule has 1 unspecified atom stereocenters. The Morgan fingerprint density at radius 1 is 1.28 bits per heavy atom. The summed E-state index contributed by atoms with van der Waals surface area (Å²) in [5, 5.41) is 5.02. The second kappa shape index (κ2) is 9.52. The van der Waals surface area contributed by atoms with Gasteiger partial charge >= 0.3 is 0 Å². The number of nitrogens with zero attached hydrogens (tertiary/aromatic N) is 1. The lowest BCUT2D eigenvalue weighted by atomic mass is 9.90. The average molecular weight is 417 g/mol. The van der Waals surface area contributed by atoms with E-state index in [0.717, 1.165) is 11.1 Å². The number of carbonyl (C=O) groups is 2. The van der Waals surface area contributed by atoms with Crippen molar-refractivity contribution in [3.63, 3.8) is 0 Å². The highest BCUT2D eigenvalue weighted by Gasteiger charge is 2.45. The van der Waals surface area contributed by atoms with Crippen molar-refractivity contribution >= 4 is 23.2 Å². The molecule has 2 amide bonds. The maximum Gasteiger partial charge on any atom is 0.254 e. The third-order valence-corrected chi connectivity index (χ3v) is 5.81. The van der Waals surface area contributed by atoms with Crippen molar-refractivity contribution in [2.45, 2.75) is 31.9 Å². The van der Waals surface area contributed by atoms with E-state index in [2.05, 4.69) is 28.9 Å². The molecular weight excluding hydrogens is 388 g/mol. The van der Waals surface area contributed by atoms with E-state index in [0.29, 0.717) is 19.6 Å². The summed E-state index contributed by atoms with van der Waals surface area (Å²) >= 11 is 1.69. The van der Waals surface area contributed by atoms with E-state index in [1.165, 1.54) is 12.0 Å². The van der Waals surface area contributed by atoms with Crippen LogP contribution in [0.4, 0.5) is 0 Å². The second-order valence-electron chi connectivity index (χ2n) is 7.57. The smallest absolute Gasteiger partial charge is 0.254 e. The van der Waals surface area contributed by atoms with E-state index >= 15 is 0 Å². The molecule has 1 atom stereocenters.